The molecule has 0 atom stereocenters. The largest absolute Gasteiger partial charge is 0.508 e. The smallest absolute Gasteiger partial charge is 0.335 e. The van der Waals surface area contributed by atoms with Crippen LogP contribution in [0.5, 0.6) is 11.5 Å². The highest BCUT2D eigenvalue weighted by Gasteiger charge is 2.03. The Labute approximate surface area is 116 Å². The first-order valence-corrected chi connectivity index (χ1v) is 6.10. The summed E-state index contributed by atoms with van der Waals surface area (Å²) in [5.74, 6) is -0.726. The van der Waals surface area contributed by atoms with Gasteiger partial charge in [0.25, 0.3) is 0 Å². The summed E-state index contributed by atoms with van der Waals surface area (Å²) in [6.07, 6.45) is 0. The summed E-state index contributed by atoms with van der Waals surface area (Å²) in [7, 11) is 0. The minimum Gasteiger partial charge on any atom is -0.508 e. The second-order valence-electron chi connectivity index (χ2n) is 4.42. The minimum absolute atomic E-state index is 0.102. The van der Waals surface area contributed by atoms with E-state index < -0.39 is 5.97 Å². The van der Waals surface area contributed by atoms with Gasteiger partial charge in [-0.25, -0.2) is 4.79 Å². The lowest BCUT2D eigenvalue weighted by Gasteiger charge is -2.07. The van der Waals surface area contributed by atoms with E-state index in [9.17, 15) is 15.0 Å². The number of phenols is 2. The predicted octanol–water partition coefficient (Wildman–Crippen LogP) is 2.09. The Morgan fingerprint density at radius 3 is 2.35 bits per heavy atom. The first-order valence-electron chi connectivity index (χ1n) is 6.10. The molecule has 0 heterocycles. The number of hydrogen-bond donors (Lipinski definition) is 4. The fraction of sp³-hybridized carbons (Fsp3) is 0.133. The summed E-state index contributed by atoms with van der Waals surface area (Å²) in [5.41, 5.74) is 1.79. The van der Waals surface area contributed by atoms with Gasteiger partial charge in [-0.2, -0.15) is 0 Å². The van der Waals surface area contributed by atoms with Crippen LogP contribution < -0.4 is 5.32 Å². The average molecular weight is 273 g/mol. The lowest BCUT2D eigenvalue weighted by molar-refractivity contribution is 0.0697. The fourth-order valence-electron chi connectivity index (χ4n) is 1.82. The number of aromatic carboxylic acids is 1. The molecule has 5 nitrogen and oxygen atoms in total. The molecule has 2 aromatic rings. The number of aromatic hydroxyl groups is 2. The molecule has 4 N–H and O–H groups in total. The van der Waals surface area contributed by atoms with Crippen LogP contribution in [0.4, 0.5) is 0 Å². The third-order valence-corrected chi connectivity index (χ3v) is 2.91. The number of hydrogen-bond acceptors (Lipinski definition) is 4. The molecule has 0 spiro atoms. The normalized spacial score (nSPS) is 10.4. The molecule has 2 aromatic carbocycles. The van der Waals surface area contributed by atoms with E-state index >= 15 is 0 Å². The van der Waals surface area contributed by atoms with Crippen LogP contribution in [-0.4, -0.2) is 21.3 Å². The Hall–Kier alpha value is -2.53. The van der Waals surface area contributed by atoms with Crippen molar-refractivity contribution in [3.8, 4) is 11.5 Å². The number of carboxylic acids is 1. The van der Waals surface area contributed by atoms with Gasteiger partial charge in [-0.05, 0) is 35.9 Å². The highest BCUT2D eigenvalue weighted by molar-refractivity contribution is 5.87. The van der Waals surface area contributed by atoms with Gasteiger partial charge in [-0.15, -0.1) is 0 Å². The zero-order valence-corrected chi connectivity index (χ0v) is 10.7. The van der Waals surface area contributed by atoms with Crippen molar-refractivity contribution < 1.29 is 20.1 Å². The molecular formula is C15H15NO4. The van der Waals surface area contributed by atoms with Crippen LogP contribution in [-0.2, 0) is 13.1 Å². The molecule has 0 amide bonds. The van der Waals surface area contributed by atoms with Gasteiger partial charge in [-0.3, -0.25) is 0 Å². The summed E-state index contributed by atoms with van der Waals surface area (Å²) in [6.45, 7) is 0.940. The fourth-order valence-corrected chi connectivity index (χ4v) is 1.82. The van der Waals surface area contributed by atoms with Gasteiger partial charge in [0.2, 0.25) is 0 Å². The van der Waals surface area contributed by atoms with Crippen molar-refractivity contribution in [2.45, 2.75) is 13.1 Å². The topological polar surface area (TPSA) is 89.8 Å². The number of phenolic OH excluding ortho intramolecular Hbond substituents is 2. The maximum Gasteiger partial charge on any atom is 0.335 e. The third kappa shape index (κ3) is 3.49. The van der Waals surface area contributed by atoms with Crippen LogP contribution >= 0.6 is 0 Å². The standard InChI is InChI=1S/C15H15NO4/c17-13-5-6-14(18)12(7-13)9-16-8-10-1-3-11(4-2-10)15(19)20/h1-7,16-18H,8-9H2,(H,19,20). The minimum atomic E-state index is -0.950. The molecule has 104 valence electrons. The van der Waals surface area contributed by atoms with Gasteiger partial charge < -0.3 is 20.6 Å². The van der Waals surface area contributed by atoms with Crippen LogP contribution in [0.15, 0.2) is 42.5 Å². The van der Waals surface area contributed by atoms with Gasteiger partial charge in [0.15, 0.2) is 0 Å². The molecule has 0 saturated heterocycles. The van der Waals surface area contributed by atoms with Crippen molar-refractivity contribution >= 4 is 5.97 Å². The lowest BCUT2D eigenvalue weighted by atomic mass is 10.1. The molecule has 20 heavy (non-hydrogen) atoms. The van der Waals surface area contributed by atoms with E-state index in [1.807, 2.05) is 0 Å². The Kier molecular flexibility index (Phi) is 4.22. The van der Waals surface area contributed by atoms with Crippen LogP contribution in [0.2, 0.25) is 0 Å². The zero-order valence-electron chi connectivity index (χ0n) is 10.7. The number of carboxylic acid groups (broad SMARTS) is 1. The second kappa shape index (κ2) is 6.08. The van der Waals surface area contributed by atoms with E-state index in [4.69, 9.17) is 5.11 Å². The first kappa shape index (κ1) is 13.9. The van der Waals surface area contributed by atoms with Gasteiger partial charge in [0.1, 0.15) is 11.5 Å². The second-order valence-corrected chi connectivity index (χ2v) is 4.42. The lowest BCUT2D eigenvalue weighted by Crippen LogP contribution is -2.12. The summed E-state index contributed by atoms with van der Waals surface area (Å²) in [6, 6.07) is 10.9. The summed E-state index contributed by atoms with van der Waals surface area (Å²) >= 11 is 0. The highest BCUT2D eigenvalue weighted by Crippen LogP contribution is 2.21. The summed E-state index contributed by atoms with van der Waals surface area (Å²) in [5, 5.41) is 30.9. The van der Waals surface area contributed by atoms with Crippen molar-refractivity contribution in [1.82, 2.24) is 5.32 Å². The molecule has 0 unspecified atom stereocenters. The molecule has 0 fully saturated rings. The van der Waals surface area contributed by atoms with E-state index in [1.165, 1.54) is 18.2 Å². The number of nitrogens with one attached hydrogen (secondary N) is 1. The number of carbonyl (C=O) groups is 1. The average Bonchev–Trinajstić information content (AvgIpc) is 2.43. The van der Waals surface area contributed by atoms with Crippen molar-refractivity contribution in [3.05, 3.63) is 59.2 Å². The van der Waals surface area contributed by atoms with Gasteiger partial charge in [0.05, 0.1) is 5.56 Å². The Morgan fingerprint density at radius 1 is 1.00 bits per heavy atom. The predicted molar refractivity (Wildman–Crippen MR) is 73.7 cm³/mol. The first-order chi connectivity index (χ1) is 9.56. The summed E-state index contributed by atoms with van der Waals surface area (Å²) in [4.78, 5) is 10.7. The number of benzene rings is 2. The van der Waals surface area contributed by atoms with Crippen LogP contribution in [0.25, 0.3) is 0 Å². The van der Waals surface area contributed by atoms with Gasteiger partial charge in [0, 0.05) is 18.7 Å². The van der Waals surface area contributed by atoms with Crippen molar-refractivity contribution in [1.29, 1.82) is 0 Å². The highest BCUT2D eigenvalue weighted by atomic mass is 16.4. The molecule has 0 aliphatic rings. The van der Waals surface area contributed by atoms with Gasteiger partial charge >= 0.3 is 5.97 Å². The van der Waals surface area contributed by atoms with E-state index in [-0.39, 0.29) is 17.1 Å². The molecular weight excluding hydrogens is 258 g/mol. The molecule has 2 rings (SSSR count). The monoisotopic (exact) mass is 273 g/mol. The van der Waals surface area contributed by atoms with E-state index in [0.29, 0.717) is 18.7 Å². The number of rotatable bonds is 5. The molecule has 0 aliphatic heterocycles. The third-order valence-electron chi connectivity index (χ3n) is 2.91. The van der Waals surface area contributed by atoms with Crippen molar-refractivity contribution in [2.75, 3.05) is 0 Å². The molecule has 0 saturated carbocycles. The molecule has 0 aliphatic carbocycles. The maximum atomic E-state index is 10.7. The maximum absolute atomic E-state index is 10.7. The molecule has 0 radical (unpaired) electrons. The Bertz CT molecular complexity index is 608. The van der Waals surface area contributed by atoms with Crippen LogP contribution in [0.3, 0.4) is 0 Å². The Morgan fingerprint density at radius 2 is 1.70 bits per heavy atom. The molecule has 0 bridgehead atoms. The summed E-state index contributed by atoms with van der Waals surface area (Å²) < 4.78 is 0. The van der Waals surface area contributed by atoms with E-state index in [1.54, 1.807) is 24.3 Å². The van der Waals surface area contributed by atoms with E-state index in [0.717, 1.165) is 5.56 Å². The van der Waals surface area contributed by atoms with Crippen LogP contribution in [0, 0.1) is 0 Å². The van der Waals surface area contributed by atoms with E-state index in [2.05, 4.69) is 5.32 Å². The van der Waals surface area contributed by atoms with Crippen molar-refractivity contribution in [3.63, 3.8) is 0 Å². The Balaban J connectivity index is 1.92. The van der Waals surface area contributed by atoms with Crippen LogP contribution in [0.1, 0.15) is 21.5 Å². The molecule has 5 heteroatoms. The van der Waals surface area contributed by atoms with Gasteiger partial charge in [-0.1, -0.05) is 12.1 Å². The SMILES string of the molecule is O=C(O)c1ccc(CNCc2cc(O)ccc2O)cc1. The zero-order chi connectivity index (χ0) is 14.5. The van der Waals surface area contributed by atoms with Crippen molar-refractivity contribution in [2.24, 2.45) is 0 Å². The quantitative estimate of drug-likeness (QED) is 0.626. The molecule has 0 aromatic heterocycles.